The second-order valence-corrected chi connectivity index (χ2v) is 10.1. The molecule has 0 unspecified atom stereocenters. The molecule has 2 nitrogen and oxygen atoms in total. The lowest BCUT2D eigenvalue weighted by Gasteiger charge is -2.32. The fraction of sp³-hybridized carbons (Fsp3) is 0.909. The Morgan fingerprint density at radius 3 is 2.43 bits per heavy atom. The van der Waals surface area contributed by atoms with Crippen molar-refractivity contribution < 1.29 is 4.43 Å². The van der Waals surface area contributed by atoms with Gasteiger partial charge in [-0.15, -0.1) is 0 Å². The van der Waals surface area contributed by atoms with Crippen molar-refractivity contribution in [3.05, 3.63) is 0 Å². The van der Waals surface area contributed by atoms with Gasteiger partial charge in [0.15, 0.2) is 8.32 Å². The Kier molecular flexibility index (Phi) is 2.44. The van der Waals surface area contributed by atoms with Crippen molar-refractivity contribution in [3.8, 4) is 6.07 Å². The van der Waals surface area contributed by atoms with Crippen molar-refractivity contribution in [2.75, 3.05) is 0 Å². The van der Waals surface area contributed by atoms with E-state index < -0.39 is 8.32 Å². The molecule has 0 aliphatic heterocycles. The Hall–Kier alpha value is -0.333. The Morgan fingerprint density at radius 2 is 1.86 bits per heavy atom. The van der Waals surface area contributed by atoms with Gasteiger partial charge in [-0.25, -0.2) is 0 Å². The van der Waals surface area contributed by atoms with E-state index in [1.807, 2.05) is 0 Å². The van der Waals surface area contributed by atoms with Gasteiger partial charge in [-0.1, -0.05) is 0 Å². The summed E-state index contributed by atoms with van der Waals surface area (Å²) in [5.41, 5.74) is 0. The molecule has 14 heavy (non-hydrogen) atoms. The Balaban J connectivity index is 2.08. The topological polar surface area (TPSA) is 33.0 Å². The zero-order valence-corrected chi connectivity index (χ0v) is 10.3. The minimum Gasteiger partial charge on any atom is -0.413 e. The summed E-state index contributed by atoms with van der Waals surface area (Å²) >= 11 is 0. The molecule has 0 aromatic rings. The van der Waals surface area contributed by atoms with Crippen LogP contribution >= 0.6 is 0 Å². The van der Waals surface area contributed by atoms with Crippen molar-refractivity contribution in [2.45, 2.75) is 45.0 Å². The van der Waals surface area contributed by atoms with Crippen LogP contribution in [0.3, 0.4) is 0 Å². The van der Waals surface area contributed by atoms with Gasteiger partial charge in [0.2, 0.25) is 0 Å². The van der Waals surface area contributed by atoms with Gasteiger partial charge in [0.05, 0.1) is 18.1 Å². The summed E-state index contributed by atoms with van der Waals surface area (Å²) < 4.78 is 6.15. The number of nitriles is 1. The summed E-state index contributed by atoms with van der Waals surface area (Å²) in [4.78, 5) is 0. The van der Waals surface area contributed by atoms with Crippen LogP contribution < -0.4 is 0 Å². The van der Waals surface area contributed by atoms with Crippen LogP contribution in [0, 0.1) is 29.1 Å². The largest absolute Gasteiger partial charge is 0.413 e. The summed E-state index contributed by atoms with van der Waals surface area (Å²) in [7, 11) is -1.47. The van der Waals surface area contributed by atoms with Crippen molar-refractivity contribution in [3.63, 3.8) is 0 Å². The number of nitrogens with zero attached hydrogens (tertiary/aromatic N) is 1. The quantitative estimate of drug-likeness (QED) is 0.655. The molecule has 2 aliphatic carbocycles. The highest BCUT2D eigenvalue weighted by Gasteiger charge is 2.49. The molecule has 0 spiro atoms. The molecule has 3 heteroatoms. The maximum atomic E-state index is 9.14. The molecular weight excluding hydrogens is 190 g/mol. The second kappa shape index (κ2) is 3.36. The molecule has 0 radical (unpaired) electrons. The molecule has 0 aromatic carbocycles. The first-order valence-electron chi connectivity index (χ1n) is 5.59. The van der Waals surface area contributed by atoms with E-state index in [4.69, 9.17) is 9.69 Å². The molecule has 2 bridgehead atoms. The minimum absolute atomic E-state index is 0.195. The SMILES string of the molecule is C[Si](C)(C)O[C@H]1[C@@H]2CC[C@@H](C2)[C@H]1C#N. The average Bonchev–Trinajstić information content (AvgIpc) is 2.60. The van der Waals surface area contributed by atoms with E-state index in [9.17, 15) is 0 Å². The van der Waals surface area contributed by atoms with Crippen LogP contribution in [0.4, 0.5) is 0 Å². The van der Waals surface area contributed by atoms with Crippen LogP contribution in [0.25, 0.3) is 0 Å². The molecular formula is C11H19NOSi. The van der Waals surface area contributed by atoms with Gasteiger partial charge in [-0.3, -0.25) is 0 Å². The van der Waals surface area contributed by atoms with Crippen LogP contribution in [0.15, 0.2) is 0 Å². The van der Waals surface area contributed by atoms with Crippen LogP contribution in [0.1, 0.15) is 19.3 Å². The molecule has 0 aromatic heterocycles. The highest BCUT2D eigenvalue weighted by molar-refractivity contribution is 6.69. The fourth-order valence-corrected chi connectivity index (χ4v) is 4.15. The van der Waals surface area contributed by atoms with E-state index in [-0.39, 0.29) is 12.0 Å². The first-order chi connectivity index (χ1) is 6.51. The lowest BCUT2D eigenvalue weighted by molar-refractivity contribution is 0.100. The van der Waals surface area contributed by atoms with E-state index in [0.29, 0.717) is 11.8 Å². The summed E-state index contributed by atoms with van der Waals surface area (Å²) in [6, 6.07) is 2.47. The number of hydrogen-bond donors (Lipinski definition) is 0. The molecule has 2 aliphatic rings. The van der Waals surface area contributed by atoms with Crippen molar-refractivity contribution in [2.24, 2.45) is 17.8 Å². The second-order valence-electron chi connectivity index (χ2n) is 5.68. The van der Waals surface area contributed by atoms with Crippen LogP contribution in [-0.4, -0.2) is 14.4 Å². The number of rotatable bonds is 2. The summed E-state index contributed by atoms with van der Waals surface area (Å²) in [6.07, 6.45) is 4.06. The monoisotopic (exact) mass is 209 g/mol. The molecule has 0 heterocycles. The molecule has 2 rings (SSSR count). The lowest BCUT2D eigenvalue weighted by atomic mass is 9.88. The minimum atomic E-state index is -1.47. The highest BCUT2D eigenvalue weighted by Crippen LogP contribution is 2.50. The zero-order valence-electron chi connectivity index (χ0n) is 9.29. The predicted molar refractivity (Wildman–Crippen MR) is 58.2 cm³/mol. The summed E-state index contributed by atoms with van der Waals surface area (Å²) in [6.45, 7) is 6.65. The smallest absolute Gasteiger partial charge is 0.184 e. The maximum absolute atomic E-state index is 9.14. The molecule has 2 saturated carbocycles. The van der Waals surface area contributed by atoms with E-state index >= 15 is 0 Å². The first kappa shape index (κ1) is 10.2. The van der Waals surface area contributed by atoms with E-state index in [0.717, 1.165) is 0 Å². The van der Waals surface area contributed by atoms with Gasteiger partial charge < -0.3 is 4.43 Å². The summed E-state index contributed by atoms with van der Waals surface area (Å²) in [5.74, 6) is 1.53. The van der Waals surface area contributed by atoms with E-state index in [2.05, 4.69) is 25.7 Å². The van der Waals surface area contributed by atoms with Crippen LogP contribution in [0.5, 0.6) is 0 Å². The Labute approximate surface area is 87.4 Å². The van der Waals surface area contributed by atoms with Gasteiger partial charge in [-0.05, 0) is 50.7 Å². The Morgan fingerprint density at radius 1 is 1.21 bits per heavy atom. The molecule has 2 fully saturated rings. The third-order valence-electron chi connectivity index (χ3n) is 3.48. The summed E-state index contributed by atoms with van der Waals surface area (Å²) in [5, 5.41) is 9.14. The third kappa shape index (κ3) is 1.73. The molecule has 0 amide bonds. The van der Waals surface area contributed by atoms with Crippen LogP contribution in [0.2, 0.25) is 19.6 Å². The fourth-order valence-electron chi connectivity index (χ4n) is 3.00. The van der Waals surface area contributed by atoms with Crippen molar-refractivity contribution in [1.29, 1.82) is 5.26 Å². The van der Waals surface area contributed by atoms with Gasteiger partial charge >= 0.3 is 0 Å². The standard InChI is InChI=1S/C11H19NOSi/c1-14(2,3)13-11-9-5-4-8(6-9)10(11)7-12/h8-11H,4-6H2,1-3H3/t8-,9+,10+,11-/m0/s1. The van der Waals surface area contributed by atoms with Gasteiger partial charge in [0.1, 0.15) is 0 Å². The van der Waals surface area contributed by atoms with Gasteiger partial charge in [0, 0.05) is 0 Å². The highest BCUT2D eigenvalue weighted by atomic mass is 28.4. The number of hydrogen-bond acceptors (Lipinski definition) is 2. The predicted octanol–water partition coefficient (Wildman–Crippen LogP) is 2.78. The van der Waals surface area contributed by atoms with E-state index in [1.54, 1.807) is 0 Å². The third-order valence-corrected chi connectivity index (χ3v) is 4.46. The molecule has 0 saturated heterocycles. The molecule has 4 atom stereocenters. The molecule has 78 valence electrons. The van der Waals surface area contributed by atoms with E-state index in [1.165, 1.54) is 19.3 Å². The molecule has 0 N–H and O–H groups in total. The normalized spacial score (nSPS) is 41.3. The van der Waals surface area contributed by atoms with Gasteiger partial charge in [0.25, 0.3) is 0 Å². The lowest BCUT2D eigenvalue weighted by Crippen LogP contribution is -2.39. The van der Waals surface area contributed by atoms with Crippen LogP contribution in [-0.2, 0) is 4.43 Å². The average molecular weight is 209 g/mol. The van der Waals surface area contributed by atoms with Crippen molar-refractivity contribution >= 4 is 8.32 Å². The first-order valence-corrected chi connectivity index (χ1v) is 8.99. The zero-order chi connectivity index (χ0) is 10.3. The number of fused-ring (bicyclic) bond motifs is 2. The maximum Gasteiger partial charge on any atom is 0.184 e. The van der Waals surface area contributed by atoms with Gasteiger partial charge in [-0.2, -0.15) is 5.26 Å². The Bertz CT molecular complexity index is 265. The van der Waals surface area contributed by atoms with Crippen molar-refractivity contribution in [1.82, 2.24) is 0 Å².